The molecule has 2 N–H and O–H groups in total. The molecule has 0 bridgehead atoms. The van der Waals surface area contributed by atoms with Crippen LogP contribution in [0.15, 0.2) is 6.33 Å². The van der Waals surface area contributed by atoms with E-state index in [1.807, 2.05) is 0 Å². The highest BCUT2D eigenvalue weighted by atomic mass is 16.3. The SMILES string of the molecule is CC(C)(O)CNc1ncnc2c1CCCCC2. The maximum Gasteiger partial charge on any atom is 0.132 e. The molecule has 17 heavy (non-hydrogen) atoms. The Morgan fingerprint density at radius 1 is 1.24 bits per heavy atom. The first kappa shape index (κ1) is 12.3. The summed E-state index contributed by atoms with van der Waals surface area (Å²) in [4.78, 5) is 8.67. The summed E-state index contributed by atoms with van der Waals surface area (Å²) in [6.07, 6.45) is 7.41. The molecule has 0 saturated carbocycles. The van der Waals surface area contributed by atoms with Crippen molar-refractivity contribution in [1.29, 1.82) is 0 Å². The number of rotatable bonds is 3. The van der Waals surface area contributed by atoms with Gasteiger partial charge in [0.05, 0.1) is 5.60 Å². The lowest BCUT2D eigenvalue weighted by Crippen LogP contribution is -2.30. The minimum absolute atomic E-state index is 0.510. The van der Waals surface area contributed by atoms with Crippen molar-refractivity contribution in [2.75, 3.05) is 11.9 Å². The Bertz CT molecular complexity index is 385. The third-order valence-corrected chi connectivity index (χ3v) is 3.06. The third-order valence-electron chi connectivity index (χ3n) is 3.06. The molecule has 1 aliphatic rings. The standard InChI is InChI=1S/C13H21N3O/c1-13(2,17)8-14-12-10-6-4-3-5-7-11(10)15-9-16-12/h9,17H,3-8H2,1-2H3,(H,14,15,16). The highest BCUT2D eigenvalue weighted by molar-refractivity contribution is 5.46. The summed E-state index contributed by atoms with van der Waals surface area (Å²) in [5.74, 6) is 0.902. The molecule has 1 aromatic heterocycles. The van der Waals surface area contributed by atoms with Crippen molar-refractivity contribution < 1.29 is 5.11 Å². The number of hydrogen-bond acceptors (Lipinski definition) is 4. The number of hydrogen-bond donors (Lipinski definition) is 2. The van der Waals surface area contributed by atoms with Crippen LogP contribution in [-0.4, -0.2) is 27.2 Å². The van der Waals surface area contributed by atoms with Gasteiger partial charge in [0.1, 0.15) is 12.1 Å². The van der Waals surface area contributed by atoms with Crippen molar-refractivity contribution in [2.24, 2.45) is 0 Å². The van der Waals surface area contributed by atoms with Crippen molar-refractivity contribution in [3.05, 3.63) is 17.6 Å². The van der Waals surface area contributed by atoms with Gasteiger partial charge in [0.15, 0.2) is 0 Å². The maximum absolute atomic E-state index is 9.73. The molecule has 0 unspecified atom stereocenters. The first-order valence-corrected chi connectivity index (χ1v) is 6.35. The first-order chi connectivity index (χ1) is 8.06. The van der Waals surface area contributed by atoms with Gasteiger partial charge in [-0.1, -0.05) is 6.42 Å². The monoisotopic (exact) mass is 235 g/mol. The summed E-state index contributed by atoms with van der Waals surface area (Å²) in [7, 11) is 0. The van der Waals surface area contributed by atoms with E-state index in [0.717, 1.165) is 18.7 Å². The zero-order valence-electron chi connectivity index (χ0n) is 10.7. The van der Waals surface area contributed by atoms with Gasteiger partial charge in [-0.15, -0.1) is 0 Å². The van der Waals surface area contributed by atoms with E-state index < -0.39 is 5.60 Å². The Morgan fingerprint density at radius 3 is 2.76 bits per heavy atom. The van der Waals surface area contributed by atoms with Gasteiger partial charge < -0.3 is 10.4 Å². The number of nitrogens with one attached hydrogen (secondary N) is 1. The number of fused-ring (bicyclic) bond motifs is 1. The Kier molecular flexibility index (Phi) is 3.62. The maximum atomic E-state index is 9.73. The Morgan fingerprint density at radius 2 is 2.00 bits per heavy atom. The smallest absolute Gasteiger partial charge is 0.132 e. The molecule has 0 saturated heterocycles. The number of aliphatic hydroxyl groups is 1. The third kappa shape index (κ3) is 3.40. The van der Waals surface area contributed by atoms with Crippen LogP contribution < -0.4 is 5.32 Å². The van der Waals surface area contributed by atoms with Crippen LogP contribution in [0.4, 0.5) is 5.82 Å². The lowest BCUT2D eigenvalue weighted by atomic mass is 10.1. The molecular weight excluding hydrogens is 214 g/mol. The van der Waals surface area contributed by atoms with Gasteiger partial charge in [0, 0.05) is 17.8 Å². The van der Waals surface area contributed by atoms with Gasteiger partial charge in [-0.3, -0.25) is 0 Å². The minimum atomic E-state index is -0.720. The Labute approximate surface area is 102 Å². The van der Waals surface area contributed by atoms with Crippen molar-refractivity contribution >= 4 is 5.82 Å². The molecule has 94 valence electrons. The van der Waals surface area contributed by atoms with E-state index in [4.69, 9.17) is 0 Å². The lowest BCUT2D eigenvalue weighted by molar-refractivity contribution is 0.0944. The first-order valence-electron chi connectivity index (χ1n) is 6.35. The lowest BCUT2D eigenvalue weighted by Gasteiger charge is -2.19. The van der Waals surface area contributed by atoms with Gasteiger partial charge in [0.2, 0.25) is 0 Å². The number of anilines is 1. The molecule has 2 rings (SSSR count). The molecule has 0 aromatic carbocycles. The number of aromatic nitrogens is 2. The largest absolute Gasteiger partial charge is 0.389 e. The summed E-state index contributed by atoms with van der Waals surface area (Å²) >= 11 is 0. The van der Waals surface area contributed by atoms with Crippen LogP contribution in [0.5, 0.6) is 0 Å². The van der Waals surface area contributed by atoms with Crippen molar-refractivity contribution in [2.45, 2.75) is 51.6 Å². The number of aryl methyl sites for hydroxylation is 1. The predicted molar refractivity (Wildman–Crippen MR) is 68.1 cm³/mol. The second-order valence-corrected chi connectivity index (χ2v) is 5.37. The van der Waals surface area contributed by atoms with E-state index in [2.05, 4.69) is 15.3 Å². The van der Waals surface area contributed by atoms with Crippen LogP contribution in [-0.2, 0) is 12.8 Å². The van der Waals surface area contributed by atoms with Crippen LogP contribution >= 0.6 is 0 Å². The van der Waals surface area contributed by atoms with Crippen LogP contribution in [0.1, 0.15) is 44.4 Å². The van der Waals surface area contributed by atoms with Crippen LogP contribution in [0.2, 0.25) is 0 Å². The molecule has 0 atom stereocenters. The molecular formula is C13H21N3O. The summed E-state index contributed by atoms with van der Waals surface area (Å²) < 4.78 is 0. The van der Waals surface area contributed by atoms with Gasteiger partial charge >= 0.3 is 0 Å². The zero-order chi connectivity index (χ0) is 12.3. The molecule has 1 aliphatic carbocycles. The van der Waals surface area contributed by atoms with Crippen molar-refractivity contribution in [1.82, 2.24) is 9.97 Å². The van der Waals surface area contributed by atoms with Crippen LogP contribution in [0.3, 0.4) is 0 Å². The van der Waals surface area contributed by atoms with E-state index in [1.54, 1.807) is 20.2 Å². The van der Waals surface area contributed by atoms with E-state index in [0.29, 0.717) is 6.54 Å². The average Bonchev–Trinajstić information content (AvgIpc) is 2.50. The van der Waals surface area contributed by atoms with Gasteiger partial charge in [-0.05, 0) is 39.5 Å². The van der Waals surface area contributed by atoms with Crippen LogP contribution in [0, 0.1) is 0 Å². The molecule has 0 fully saturated rings. The van der Waals surface area contributed by atoms with E-state index in [9.17, 15) is 5.11 Å². The van der Waals surface area contributed by atoms with Crippen molar-refractivity contribution in [3.63, 3.8) is 0 Å². The summed E-state index contributed by atoms with van der Waals surface area (Å²) in [6.45, 7) is 4.09. The summed E-state index contributed by atoms with van der Waals surface area (Å²) in [5, 5.41) is 13.0. The van der Waals surface area contributed by atoms with E-state index >= 15 is 0 Å². The molecule has 0 amide bonds. The van der Waals surface area contributed by atoms with Gasteiger partial charge in [-0.2, -0.15) is 0 Å². The second-order valence-electron chi connectivity index (χ2n) is 5.37. The second kappa shape index (κ2) is 5.00. The van der Waals surface area contributed by atoms with Crippen LogP contribution in [0.25, 0.3) is 0 Å². The summed E-state index contributed by atoms with van der Waals surface area (Å²) in [5.41, 5.74) is 1.70. The van der Waals surface area contributed by atoms with E-state index in [1.165, 1.54) is 30.5 Å². The quantitative estimate of drug-likeness (QED) is 0.786. The van der Waals surface area contributed by atoms with Gasteiger partial charge in [-0.25, -0.2) is 9.97 Å². The highest BCUT2D eigenvalue weighted by Crippen LogP contribution is 2.24. The highest BCUT2D eigenvalue weighted by Gasteiger charge is 2.17. The molecule has 4 nitrogen and oxygen atoms in total. The molecule has 4 heteroatoms. The fraction of sp³-hybridized carbons (Fsp3) is 0.692. The topological polar surface area (TPSA) is 58.0 Å². The number of nitrogens with zero attached hydrogens (tertiary/aromatic N) is 2. The fourth-order valence-electron chi connectivity index (χ4n) is 2.15. The normalized spacial score (nSPS) is 16.2. The van der Waals surface area contributed by atoms with Crippen molar-refractivity contribution in [3.8, 4) is 0 Å². The molecule has 0 radical (unpaired) electrons. The molecule has 0 aliphatic heterocycles. The van der Waals surface area contributed by atoms with Gasteiger partial charge in [0.25, 0.3) is 0 Å². The predicted octanol–water partition coefficient (Wildman–Crippen LogP) is 1.93. The summed E-state index contributed by atoms with van der Waals surface area (Å²) in [6, 6.07) is 0. The Hall–Kier alpha value is -1.16. The zero-order valence-corrected chi connectivity index (χ0v) is 10.7. The minimum Gasteiger partial charge on any atom is -0.389 e. The fourth-order valence-corrected chi connectivity index (χ4v) is 2.15. The molecule has 0 spiro atoms. The molecule has 1 aromatic rings. The molecule has 1 heterocycles. The average molecular weight is 235 g/mol. The van der Waals surface area contributed by atoms with E-state index in [-0.39, 0.29) is 0 Å². The Balaban J connectivity index is 2.17.